The first kappa shape index (κ1) is 27.3. The Morgan fingerprint density at radius 1 is 1.03 bits per heavy atom. The molecule has 2 fully saturated rings. The van der Waals surface area contributed by atoms with Crippen LogP contribution in [-0.4, -0.2) is 81.4 Å². The molecular formula is C26H34O11. The highest BCUT2D eigenvalue weighted by Gasteiger charge is 2.87. The SMILES string of the molecule is CC(=O)OC1C=CC2(C)C(OC(C)=O)CC(O)C(C)=CC3OC(=O)C4(C)OC34C(OC(C)=O)C2C1(C)O. The number of ether oxygens (including phenoxy) is 5. The molecule has 0 radical (unpaired) electrons. The normalized spacial score (nSPS) is 46.3. The third-order valence-corrected chi connectivity index (χ3v) is 8.32. The largest absolute Gasteiger partial charge is 0.462 e. The van der Waals surface area contributed by atoms with Crippen LogP contribution in [0.5, 0.6) is 0 Å². The lowest BCUT2D eigenvalue weighted by atomic mass is 9.55. The maximum absolute atomic E-state index is 12.9. The lowest BCUT2D eigenvalue weighted by Crippen LogP contribution is -2.67. The lowest BCUT2D eigenvalue weighted by Gasteiger charge is -2.55. The molecule has 4 rings (SSSR count). The molecule has 10 atom stereocenters. The summed E-state index contributed by atoms with van der Waals surface area (Å²) in [5.41, 5.74) is -5.89. The molecule has 0 amide bonds. The van der Waals surface area contributed by atoms with Crippen molar-refractivity contribution < 1.29 is 53.1 Å². The number of epoxide rings is 1. The molecule has 2 saturated heterocycles. The molecular weight excluding hydrogens is 488 g/mol. The number of carbonyl (C=O) groups excluding carboxylic acids is 4. The molecule has 10 unspecified atom stereocenters. The van der Waals surface area contributed by atoms with Crippen molar-refractivity contribution in [3.63, 3.8) is 0 Å². The van der Waals surface area contributed by atoms with Crippen LogP contribution in [-0.2, 0) is 42.9 Å². The number of esters is 4. The second-order valence-corrected chi connectivity index (χ2v) is 11.0. The molecule has 204 valence electrons. The van der Waals surface area contributed by atoms with Crippen LogP contribution in [0.4, 0.5) is 0 Å². The van der Waals surface area contributed by atoms with Crippen LogP contribution >= 0.6 is 0 Å². The summed E-state index contributed by atoms with van der Waals surface area (Å²) in [4.78, 5) is 49.5. The maximum atomic E-state index is 12.9. The Morgan fingerprint density at radius 3 is 2.16 bits per heavy atom. The lowest BCUT2D eigenvalue weighted by molar-refractivity contribution is -0.219. The second-order valence-electron chi connectivity index (χ2n) is 11.0. The highest BCUT2D eigenvalue weighted by atomic mass is 16.7. The summed E-state index contributed by atoms with van der Waals surface area (Å²) in [6, 6.07) is 0. The summed E-state index contributed by atoms with van der Waals surface area (Å²) in [5, 5.41) is 23.1. The van der Waals surface area contributed by atoms with Crippen molar-refractivity contribution in [2.45, 2.75) is 102 Å². The molecule has 2 N–H and O–H groups in total. The van der Waals surface area contributed by atoms with E-state index in [9.17, 15) is 29.4 Å². The summed E-state index contributed by atoms with van der Waals surface area (Å²) in [6.07, 6.45) is -1.14. The van der Waals surface area contributed by atoms with Crippen molar-refractivity contribution in [3.8, 4) is 0 Å². The molecule has 2 aliphatic heterocycles. The van der Waals surface area contributed by atoms with E-state index in [0.29, 0.717) is 5.57 Å². The van der Waals surface area contributed by atoms with Crippen molar-refractivity contribution >= 4 is 23.9 Å². The Hall–Kier alpha value is -2.76. The van der Waals surface area contributed by atoms with Gasteiger partial charge >= 0.3 is 23.9 Å². The average molecular weight is 523 g/mol. The van der Waals surface area contributed by atoms with Gasteiger partial charge in [0.05, 0.1) is 6.10 Å². The van der Waals surface area contributed by atoms with Crippen LogP contribution in [0.25, 0.3) is 0 Å². The summed E-state index contributed by atoms with van der Waals surface area (Å²) in [7, 11) is 0. The van der Waals surface area contributed by atoms with E-state index in [1.54, 1.807) is 19.9 Å². The topological polar surface area (TPSA) is 158 Å². The fraction of sp³-hybridized carbons (Fsp3) is 0.692. The van der Waals surface area contributed by atoms with Crippen LogP contribution in [0.1, 0.15) is 54.9 Å². The Labute approximate surface area is 214 Å². The minimum absolute atomic E-state index is 0.0772. The fourth-order valence-corrected chi connectivity index (χ4v) is 6.43. The van der Waals surface area contributed by atoms with Crippen LogP contribution in [0.3, 0.4) is 0 Å². The molecule has 2 heterocycles. The van der Waals surface area contributed by atoms with E-state index in [2.05, 4.69) is 0 Å². The third kappa shape index (κ3) is 3.98. The van der Waals surface area contributed by atoms with Crippen LogP contribution in [0.2, 0.25) is 0 Å². The van der Waals surface area contributed by atoms with Gasteiger partial charge in [-0.2, -0.15) is 0 Å². The van der Waals surface area contributed by atoms with Crippen molar-refractivity contribution in [1.29, 1.82) is 0 Å². The number of carbonyl (C=O) groups is 4. The van der Waals surface area contributed by atoms with E-state index >= 15 is 0 Å². The number of fused-ring (bicyclic) bond motifs is 1. The first-order valence-corrected chi connectivity index (χ1v) is 12.2. The zero-order chi connectivity index (χ0) is 27.7. The van der Waals surface area contributed by atoms with Gasteiger partial charge in [-0.15, -0.1) is 0 Å². The first-order valence-electron chi connectivity index (χ1n) is 12.2. The highest BCUT2D eigenvalue weighted by Crippen LogP contribution is 2.65. The van der Waals surface area contributed by atoms with Gasteiger partial charge in [0.2, 0.25) is 0 Å². The molecule has 11 nitrogen and oxygen atoms in total. The van der Waals surface area contributed by atoms with Gasteiger partial charge in [-0.25, -0.2) is 4.79 Å². The standard InChI is InChI=1S/C26H34O11/c1-12-10-19-26(25(7,37-26)22(31)36-19)21(35-15(4)29)20-23(5,18(11-16(12)30)34-14(3)28)9-8-17(24(20,6)32)33-13(2)27/h8-10,16-21,30,32H,11H2,1-7H3. The van der Waals surface area contributed by atoms with Crippen molar-refractivity contribution in [3.05, 3.63) is 23.8 Å². The van der Waals surface area contributed by atoms with Crippen LogP contribution < -0.4 is 0 Å². The summed E-state index contributed by atoms with van der Waals surface area (Å²) >= 11 is 0. The van der Waals surface area contributed by atoms with Crippen LogP contribution in [0.15, 0.2) is 23.8 Å². The summed E-state index contributed by atoms with van der Waals surface area (Å²) in [5.74, 6) is -3.85. The van der Waals surface area contributed by atoms with E-state index in [1.165, 1.54) is 46.8 Å². The summed E-state index contributed by atoms with van der Waals surface area (Å²) < 4.78 is 28.7. The molecule has 0 bridgehead atoms. The zero-order valence-corrected chi connectivity index (χ0v) is 22.0. The maximum Gasteiger partial charge on any atom is 0.342 e. The van der Waals surface area contributed by atoms with E-state index in [1.807, 2.05) is 0 Å². The van der Waals surface area contributed by atoms with E-state index in [-0.39, 0.29) is 6.42 Å². The molecule has 37 heavy (non-hydrogen) atoms. The first-order chi connectivity index (χ1) is 17.0. The molecule has 0 aromatic carbocycles. The van der Waals surface area contributed by atoms with Gasteiger partial charge in [0.25, 0.3) is 0 Å². The molecule has 0 saturated carbocycles. The monoisotopic (exact) mass is 522 g/mol. The minimum Gasteiger partial charge on any atom is -0.462 e. The number of hydrogen-bond donors (Lipinski definition) is 2. The Bertz CT molecular complexity index is 1090. The van der Waals surface area contributed by atoms with Crippen LogP contribution in [0, 0.1) is 11.3 Å². The number of aliphatic hydroxyl groups excluding tert-OH is 1. The van der Waals surface area contributed by atoms with Gasteiger partial charge in [0, 0.05) is 38.5 Å². The number of hydrogen-bond acceptors (Lipinski definition) is 11. The predicted octanol–water partition coefficient (Wildman–Crippen LogP) is 0.889. The average Bonchev–Trinajstić information content (AvgIpc) is 3.34. The Morgan fingerprint density at radius 2 is 1.62 bits per heavy atom. The molecule has 0 aromatic rings. The Balaban J connectivity index is 2.02. The third-order valence-electron chi connectivity index (χ3n) is 8.32. The zero-order valence-electron chi connectivity index (χ0n) is 22.0. The second kappa shape index (κ2) is 8.64. The van der Waals surface area contributed by atoms with E-state index in [0.717, 1.165) is 0 Å². The smallest absolute Gasteiger partial charge is 0.342 e. The minimum atomic E-state index is -1.92. The molecule has 4 aliphatic rings. The summed E-state index contributed by atoms with van der Waals surface area (Å²) in [6.45, 7) is 9.86. The van der Waals surface area contributed by atoms with Gasteiger partial charge in [0.15, 0.2) is 17.3 Å². The van der Waals surface area contributed by atoms with Crippen molar-refractivity contribution in [2.75, 3.05) is 0 Å². The van der Waals surface area contributed by atoms with Gasteiger partial charge < -0.3 is 33.9 Å². The van der Waals surface area contributed by atoms with Crippen molar-refractivity contribution in [2.24, 2.45) is 11.3 Å². The molecule has 0 aromatic heterocycles. The number of rotatable bonds is 3. The quantitative estimate of drug-likeness (QED) is 0.235. The van der Waals surface area contributed by atoms with E-state index < -0.39 is 82.5 Å². The molecule has 2 aliphatic carbocycles. The molecule has 11 heteroatoms. The van der Waals surface area contributed by atoms with E-state index in [4.69, 9.17) is 23.7 Å². The Kier molecular flexibility index (Phi) is 6.37. The van der Waals surface area contributed by atoms with Gasteiger partial charge in [0.1, 0.15) is 23.9 Å². The van der Waals surface area contributed by atoms with Gasteiger partial charge in [-0.3, -0.25) is 14.4 Å². The van der Waals surface area contributed by atoms with Crippen molar-refractivity contribution in [1.82, 2.24) is 0 Å². The van der Waals surface area contributed by atoms with Gasteiger partial charge in [-0.1, -0.05) is 13.0 Å². The fourth-order valence-electron chi connectivity index (χ4n) is 6.43. The number of aliphatic hydroxyl groups is 2. The highest BCUT2D eigenvalue weighted by molar-refractivity contribution is 5.89. The molecule has 1 spiro atoms. The predicted molar refractivity (Wildman–Crippen MR) is 125 cm³/mol. The van der Waals surface area contributed by atoms with Gasteiger partial charge in [-0.05, 0) is 38.5 Å².